The van der Waals surface area contributed by atoms with E-state index in [0.29, 0.717) is 0 Å². The fourth-order valence-corrected chi connectivity index (χ4v) is 0.626. The Balaban J connectivity index is 4.19. The van der Waals surface area contributed by atoms with E-state index in [2.05, 4.69) is 0 Å². The molecular formula is C7H15NO2. The second-order valence-electron chi connectivity index (χ2n) is 2.91. The number of hydrogen-bond donors (Lipinski definition) is 0. The number of nitrogens with zero attached hydrogens (tertiary/aromatic N) is 1. The van der Waals surface area contributed by atoms with Crippen molar-refractivity contribution in [3.8, 4) is 0 Å². The highest BCUT2D eigenvalue weighted by Gasteiger charge is 2.28. The van der Waals surface area contributed by atoms with Crippen molar-refractivity contribution in [2.24, 2.45) is 0 Å². The van der Waals surface area contributed by atoms with E-state index in [-0.39, 0.29) is 5.91 Å². The van der Waals surface area contributed by atoms with E-state index in [1.165, 1.54) is 12.0 Å². The van der Waals surface area contributed by atoms with Crippen molar-refractivity contribution < 1.29 is 9.53 Å². The molecule has 0 aliphatic heterocycles. The Morgan fingerprint density at radius 2 is 1.80 bits per heavy atom. The molecule has 0 saturated carbocycles. The molecule has 0 aliphatic rings. The summed E-state index contributed by atoms with van der Waals surface area (Å²) < 4.78 is 4.97. The summed E-state index contributed by atoms with van der Waals surface area (Å²) in [6.07, 6.45) is 0. The van der Waals surface area contributed by atoms with Gasteiger partial charge in [0.05, 0.1) is 0 Å². The molecule has 0 atom stereocenters. The summed E-state index contributed by atoms with van der Waals surface area (Å²) in [6.45, 7) is 3.49. The third-order valence-electron chi connectivity index (χ3n) is 1.43. The Morgan fingerprint density at radius 1 is 1.40 bits per heavy atom. The summed E-state index contributed by atoms with van der Waals surface area (Å²) in [5.74, 6) is -0.0185. The standard InChI is InChI=1S/C7H15NO2/c1-7(2,10-5)6(9)8(3)4/h1-5H3. The summed E-state index contributed by atoms with van der Waals surface area (Å²) >= 11 is 0. The minimum atomic E-state index is -0.691. The summed E-state index contributed by atoms with van der Waals surface area (Å²) in [5, 5.41) is 0. The molecule has 0 aromatic rings. The van der Waals surface area contributed by atoms with Crippen molar-refractivity contribution in [2.75, 3.05) is 21.2 Å². The minimum absolute atomic E-state index is 0.0185. The third-order valence-corrected chi connectivity index (χ3v) is 1.43. The highest BCUT2D eigenvalue weighted by molar-refractivity contribution is 5.83. The van der Waals surface area contributed by atoms with Crippen LogP contribution in [0.15, 0.2) is 0 Å². The molecule has 0 aromatic heterocycles. The van der Waals surface area contributed by atoms with Gasteiger partial charge in [0.2, 0.25) is 0 Å². The average molecular weight is 145 g/mol. The zero-order chi connectivity index (χ0) is 8.36. The van der Waals surface area contributed by atoms with Gasteiger partial charge in [0.1, 0.15) is 5.60 Å². The van der Waals surface area contributed by atoms with Crippen LogP contribution in [0.3, 0.4) is 0 Å². The zero-order valence-electron chi connectivity index (χ0n) is 7.26. The maximum absolute atomic E-state index is 11.2. The van der Waals surface area contributed by atoms with Crippen LogP contribution < -0.4 is 0 Å². The Hall–Kier alpha value is -0.570. The number of carbonyl (C=O) groups is 1. The first kappa shape index (κ1) is 9.43. The van der Waals surface area contributed by atoms with Gasteiger partial charge in [-0.2, -0.15) is 0 Å². The first-order chi connectivity index (χ1) is 4.41. The van der Waals surface area contributed by atoms with Crippen LogP contribution in [0.25, 0.3) is 0 Å². The predicted octanol–water partition coefficient (Wildman–Crippen LogP) is 0.500. The van der Waals surface area contributed by atoms with E-state index in [1.807, 2.05) is 0 Å². The number of rotatable bonds is 2. The van der Waals surface area contributed by atoms with Gasteiger partial charge >= 0.3 is 0 Å². The van der Waals surface area contributed by atoms with E-state index >= 15 is 0 Å². The second-order valence-corrected chi connectivity index (χ2v) is 2.91. The largest absolute Gasteiger partial charge is 0.369 e. The smallest absolute Gasteiger partial charge is 0.253 e. The van der Waals surface area contributed by atoms with Crippen LogP contribution in [0.1, 0.15) is 13.8 Å². The predicted molar refractivity (Wildman–Crippen MR) is 39.8 cm³/mol. The summed E-state index contributed by atoms with van der Waals surface area (Å²) in [4.78, 5) is 12.7. The molecular weight excluding hydrogens is 130 g/mol. The molecule has 10 heavy (non-hydrogen) atoms. The summed E-state index contributed by atoms with van der Waals surface area (Å²) in [6, 6.07) is 0. The van der Waals surface area contributed by atoms with E-state index in [9.17, 15) is 4.79 Å². The molecule has 0 radical (unpaired) electrons. The van der Waals surface area contributed by atoms with Gasteiger partial charge in [0.15, 0.2) is 0 Å². The number of amides is 1. The van der Waals surface area contributed by atoms with E-state index in [1.54, 1.807) is 27.9 Å². The van der Waals surface area contributed by atoms with Crippen LogP contribution in [0.2, 0.25) is 0 Å². The van der Waals surface area contributed by atoms with Crippen LogP contribution in [-0.2, 0) is 9.53 Å². The highest BCUT2D eigenvalue weighted by atomic mass is 16.5. The molecule has 0 N–H and O–H groups in total. The first-order valence-corrected chi connectivity index (χ1v) is 3.18. The molecule has 0 saturated heterocycles. The highest BCUT2D eigenvalue weighted by Crippen LogP contribution is 2.09. The van der Waals surface area contributed by atoms with Crippen molar-refractivity contribution in [2.45, 2.75) is 19.4 Å². The molecule has 1 amide bonds. The molecule has 0 rings (SSSR count). The molecule has 3 heteroatoms. The zero-order valence-corrected chi connectivity index (χ0v) is 7.26. The molecule has 0 heterocycles. The Bertz CT molecular complexity index is 130. The molecule has 0 aromatic carbocycles. The number of hydrogen-bond acceptors (Lipinski definition) is 2. The number of carbonyl (C=O) groups excluding carboxylic acids is 1. The summed E-state index contributed by atoms with van der Waals surface area (Å²) in [7, 11) is 4.95. The summed E-state index contributed by atoms with van der Waals surface area (Å²) in [5.41, 5.74) is -0.691. The minimum Gasteiger partial charge on any atom is -0.369 e. The number of methoxy groups -OCH3 is 1. The fourth-order valence-electron chi connectivity index (χ4n) is 0.626. The lowest BCUT2D eigenvalue weighted by Gasteiger charge is -2.25. The third kappa shape index (κ3) is 1.99. The number of likely N-dealkylation sites (N-methyl/N-ethyl adjacent to an activating group) is 1. The Kier molecular flexibility index (Phi) is 2.84. The van der Waals surface area contributed by atoms with Crippen LogP contribution in [0.4, 0.5) is 0 Å². The van der Waals surface area contributed by atoms with E-state index < -0.39 is 5.60 Å². The lowest BCUT2D eigenvalue weighted by molar-refractivity contribution is -0.148. The van der Waals surface area contributed by atoms with Crippen molar-refractivity contribution in [3.63, 3.8) is 0 Å². The van der Waals surface area contributed by atoms with Gasteiger partial charge in [0, 0.05) is 21.2 Å². The van der Waals surface area contributed by atoms with Crippen molar-refractivity contribution in [1.82, 2.24) is 4.90 Å². The van der Waals surface area contributed by atoms with Gasteiger partial charge < -0.3 is 9.64 Å². The lowest BCUT2D eigenvalue weighted by Crippen LogP contribution is -2.42. The van der Waals surface area contributed by atoms with E-state index in [0.717, 1.165) is 0 Å². The quantitative estimate of drug-likeness (QED) is 0.566. The number of ether oxygens (including phenoxy) is 1. The molecule has 3 nitrogen and oxygen atoms in total. The molecule has 60 valence electrons. The molecule has 0 spiro atoms. The van der Waals surface area contributed by atoms with E-state index in [4.69, 9.17) is 4.74 Å². The van der Waals surface area contributed by atoms with Gasteiger partial charge in [-0.25, -0.2) is 0 Å². The lowest BCUT2D eigenvalue weighted by atomic mass is 10.1. The van der Waals surface area contributed by atoms with Crippen LogP contribution in [0, 0.1) is 0 Å². The Morgan fingerprint density at radius 3 is 1.90 bits per heavy atom. The van der Waals surface area contributed by atoms with Crippen molar-refractivity contribution in [3.05, 3.63) is 0 Å². The van der Waals surface area contributed by atoms with Gasteiger partial charge in [-0.05, 0) is 13.8 Å². The topological polar surface area (TPSA) is 29.5 Å². The van der Waals surface area contributed by atoms with Crippen molar-refractivity contribution >= 4 is 5.91 Å². The first-order valence-electron chi connectivity index (χ1n) is 3.18. The van der Waals surface area contributed by atoms with Crippen LogP contribution in [0.5, 0.6) is 0 Å². The SMILES string of the molecule is COC(C)(C)C(=O)N(C)C. The molecule has 0 aliphatic carbocycles. The van der Waals surface area contributed by atoms with Crippen LogP contribution >= 0.6 is 0 Å². The second kappa shape index (κ2) is 3.01. The Labute approximate surface area is 62.0 Å². The van der Waals surface area contributed by atoms with Gasteiger partial charge in [-0.3, -0.25) is 4.79 Å². The average Bonchev–Trinajstić information content (AvgIpc) is 1.86. The molecule has 0 bridgehead atoms. The van der Waals surface area contributed by atoms with Gasteiger partial charge in [-0.1, -0.05) is 0 Å². The maximum atomic E-state index is 11.2. The monoisotopic (exact) mass is 145 g/mol. The van der Waals surface area contributed by atoms with Gasteiger partial charge in [0.25, 0.3) is 5.91 Å². The van der Waals surface area contributed by atoms with Crippen LogP contribution in [-0.4, -0.2) is 37.6 Å². The van der Waals surface area contributed by atoms with Crippen molar-refractivity contribution in [1.29, 1.82) is 0 Å². The normalized spacial score (nSPS) is 11.3. The fraction of sp³-hybridized carbons (Fsp3) is 0.857. The van der Waals surface area contributed by atoms with Gasteiger partial charge in [-0.15, -0.1) is 0 Å². The molecule has 0 unspecified atom stereocenters. The molecule has 0 fully saturated rings. The maximum Gasteiger partial charge on any atom is 0.253 e.